The zero-order chi connectivity index (χ0) is 15.1. The van der Waals surface area contributed by atoms with E-state index in [4.69, 9.17) is 5.73 Å². The van der Waals surface area contributed by atoms with Crippen LogP contribution in [0.4, 0.5) is 0 Å². The predicted molar refractivity (Wildman–Crippen MR) is 77.4 cm³/mol. The summed E-state index contributed by atoms with van der Waals surface area (Å²) >= 11 is 0. The number of carbonyl (C=O) groups is 2. The van der Waals surface area contributed by atoms with Crippen molar-refractivity contribution in [2.75, 3.05) is 20.2 Å². The first kappa shape index (κ1) is 16.2. The van der Waals surface area contributed by atoms with E-state index in [9.17, 15) is 9.59 Å². The van der Waals surface area contributed by atoms with Crippen molar-refractivity contribution in [1.82, 2.24) is 4.90 Å². The van der Waals surface area contributed by atoms with Gasteiger partial charge in [0.15, 0.2) is 0 Å². The van der Waals surface area contributed by atoms with E-state index in [-0.39, 0.29) is 18.5 Å². The fourth-order valence-electron chi connectivity index (χ4n) is 1.95. The van der Waals surface area contributed by atoms with E-state index >= 15 is 0 Å². The van der Waals surface area contributed by atoms with Crippen LogP contribution in [0.5, 0.6) is 0 Å². The second kappa shape index (κ2) is 7.65. The van der Waals surface area contributed by atoms with Crippen molar-refractivity contribution in [1.29, 1.82) is 0 Å². The van der Waals surface area contributed by atoms with Gasteiger partial charge in [-0.05, 0) is 38.4 Å². The number of rotatable bonds is 6. The van der Waals surface area contributed by atoms with Crippen LogP contribution in [0.3, 0.4) is 0 Å². The van der Waals surface area contributed by atoms with Gasteiger partial charge >= 0.3 is 5.97 Å². The number of esters is 1. The smallest absolute Gasteiger partial charge is 0.325 e. The zero-order valence-corrected chi connectivity index (χ0v) is 12.3. The van der Waals surface area contributed by atoms with Crippen molar-refractivity contribution in [3.63, 3.8) is 0 Å². The molecule has 0 spiro atoms. The lowest BCUT2D eigenvalue weighted by molar-refractivity contribution is -0.141. The molecule has 0 aliphatic heterocycles. The normalized spacial score (nSPS) is 10.4. The van der Waals surface area contributed by atoms with Crippen molar-refractivity contribution >= 4 is 11.9 Å². The number of hydrogen-bond acceptors (Lipinski definition) is 4. The molecule has 0 unspecified atom stereocenters. The maximum atomic E-state index is 12.6. The minimum absolute atomic E-state index is 0.0516. The summed E-state index contributed by atoms with van der Waals surface area (Å²) in [5.74, 6) is -0.599. The van der Waals surface area contributed by atoms with Gasteiger partial charge in [0, 0.05) is 11.6 Å². The Balaban J connectivity index is 3.03. The quantitative estimate of drug-likeness (QED) is 0.794. The summed E-state index contributed by atoms with van der Waals surface area (Å²) < 4.78 is 4.64. The third-order valence-corrected chi connectivity index (χ3v) is 3.07. The van der Waals surface area contributed by atoms with Gasteiger partial charge < -0.3 is 15.4 Å². The molecule has 1 aromatic rings. The fraction of sp³-hybridized carbons (Fsp3) is 0.467. The number of nitrogens with two attached hydrogens (primary N) is 1. The van der Waals surface area contributed by atoms with Crippen LogP contribution in [0.15, 0.2) is 24.3 Å². The lowest BCUT2D eigenvalue weighted by atomic mass is 10.0. The van der Waals surface area contributed by atoms with Crippen LogP contribution in [-0.4, -0.2) is 43.0 Å². The first-order chi connectivity index (χ1) is 9.51. The highest BCUT2D eigenvalue weighted by Crippen LogP contribution is 2.14. The Morgan fingerprint density at radius 1 is 1.30 bits per heavy atom. The van der Waals surface area contributed by atoms with E-state index in [2.05, 4.69) is 4.74 Å². The molecule has 0 bridgehead atoms. The molecule has 0 fully saturated rings. The second-order valence-electron chi connectivity index (χ2n) is 4.80. The standard InChI is InChI=1S/C15H22N2O3/c1-11(2)17(10-14(18)20-3)15(19)13-7-5-4-6-12(13)8-9-16/h4-7,11H,8-10,16H2,1-3H3. The Hall–Kier alpha value is -1.88. The number of amides is 1. The molecule has 20 heavy (non-hydrogen) atoms. The molecule has 1 rings (SSSR count). The highest BCUT2D eigenvalue weighted by Gasteiger charge is 2.23. The molecule has 0 aromatic heterocycles. The van der Waals surface area contributed by atoms with Gasteiger partial charge in [-0.1, -0.05) is 18.2 Å². The molecule has 0 radical (unpaired) electrons. The summed E-state index contributed by atoms with van der Waals surface area (Å²) in [6.45, 7) is 4.16. The topological polar surface area (TPSA) is 72.6 Å². The van der Waals surface area contributed by atoms with Gasteiger partial charge in [-0.25, -0.2) is 0 Å². The summed E-state index contributed by atoms with van der Waals surface area (Å²) in [4.78, 5) is 25.5. The van der Waals surface area contributed by atoms with E-state index in [0.717, 1.165) is 5.56 Å². The molecule has 1 amide bonds. The molecule has 5 nitrogen and oxygen atoms in total. The third kappa shape index (κ3) is 4.06. The Morgan fingerprint density at radius 2 is 1.95 bits per heavy atom. The third-order valence-electron chi connectivity index (χ3n) is 3.07. The molecule has 0 saturated carbocycles. The van der Waals surface area contributed by atoms with Crippen molar-refractivity contribution in [2.24, 2.45) is 5.73 Å². The first-order valence-corrected chi connectivity index (χ1v) is 6.67. The van der Waals surface area contributed by atoms with Crippen molar-refractivity contribution < 1.29 is 14.3 Å². The molecular formula is C15H22N2O3. The minimum atomic E-state index is -0.427. The van der Waals surface area contributed by atoms with Gasteiger partial charge in [0.05, 0.1) is 7.11 Å². The average Bonchev–Trinajstić information content (AvgIpc) is 2.44. The predicted octanol–water partition coefficient (Wildman–Crippen LogP) is 1.21. The summed E-state index contributed by atoms with van der Waals surface area (Å²) in [5.41, 5.74) is 7.06. The fourth-order valence-corrected chi connectivity index (χ4v) is 1.95. The van der Waals surface area contributed by atoms with Gasteiger partial charge in [-0.3, -0.25) is 9.59 Å². The van der Waals surface area contributed by atoms with Gasteiger partial charge in [0.1, 0.15) is 6.54 Å². The van der Waals surface area contributed by atoms with E-state index in [0.29, 0.717) is 18.5 Å². The molecule has 5 heteroatoms. The van der Waals surface area contributed by atoms with Crippen LogP contribution in [0.25, 0.3) is 0 Å². The molecule has 1 aromatic carbocycles. The first-order valence-electron chi connectivity index (χ1n) is 6.67. The van der Waals surface area contributed by atoms with Crippen molar-refractivity contribution in [3.05, 3.63) is 35.4 Å². The number of carbonyl (C=O) groups excluding carboxylic acids is 2. The summed E-state index contributed by atoms with van der Waals surface area (Å²) in [5, 5.41) is 0. The maximum absolute atomic E-state index is 12.6. The highest BCUT2D eigenvalue weighted by molar-refractivity contribution is 5.97. The van der Waals surface area contributed by atoms with Crippen LogP contribution >= 0.6 is 0 Å². The molecule has 0 heterocycles. The highest BCUT2D eigenvalue weighted by atomic mass is 16.5. The Kier molecular flexibility index (Phi) is 6.18. The number of benzene rings is 1. The van der Waals surface area contributed by atoms with E-state index in [1.165, 1.54) is 12.0 Å². The van der Waals surface area contributed by atoms with Gasteiger partial charge in [-0.2, -0.15) is 0 Å². The molecule has 0 atom stereocenters. The summed E-state index contributed by atoms with van der Waals surface area (Å²) in [7, 11) is 1.31. The lowest BCUT2D eigenvalue weighted by Gasteiger charge is -2.26. The summed E-state index contributed by atoms with van der Waals surface area (Å²) in [6, 6.07) is 7.25. The van der Waals surface area contributed by atoms with E-state index in [1.54, 1.807) is 6.07 Å². The SMILES string of the molecule is COC(=O)CN(C(=O)c1ccccc1CCN)C(C)C. The van der Waals surface area contributed by atoms with Crippen LogP contribution in [0.2, 0.25) is 0 Å². The molecule has 0 aliphatic carbocycles. The maximum Gasteiger partial charge on any atom is 0.325 e. The zero-order valence-electron chi connectivity index (χ0n) is 12.3. The van der Waals surface area contributed by atoms with E-state index < -0.39 is 5.97 Å². The largest absolute Gasteiger partial charge is 0.468 e. The van der Waals surface area contributed by atoms with Crippen LogP contribution in [0, 0.1) is 0 Å². The second-order valence-corrected chi connectivity index (χ2v) is 4.80. The molecule has 2 N–H and O–H groups in total. The monoisotopic (exact) mass is 278 g/mol. The lowest BCUT2D eigenvalue weighted by Crippen LogP contribution is -2.41. The van der Waals surface area contributed by atoms with Crippen molar-refractivity contribution in [3.8, 4) is 0 Å². The molecular weight excluding hydrogens is 256 g/mol. The Labute approximate surface area is 119 Å². The average molecular weight is 278 g/mol. The Morgan fingerprint density at radius 3 is 2.50 bits per heavy atom. The number of hydrogen-bond donors (Lipinski definition) is 1. The number of ether oxygens (including phenoxy) is 1. The molecule has 0 saturated heterocycles. The Bertz CT molecular complexity index is 472. The van der Waals surface area contributed by atoms with Crippen LogP contribution in [-0.2, 0) is 16.0 Å². The van der Waals surface area contributed by atoms with Gasteiger partial charge in [0.2, 0.25) is 0 Å². The molecule has 0 aliphatic rings. The van der Waals surface area contributed by atoms with Gasteiger partial charge in [0.25, 0.3) is 5.91 Å². The number of nitrogens with zero attached hydrogens (tertiary/aromatic N) is 1. The minimum Gasteiger partial charge on any atom is -0.468 e. The van der Waals surface area contributed by atoms with Crippen LogP contribution in [0.1, 0.15) is 29.8 Å². The number of methoxy groups -OCH3 is 1. The van der Waals surface area contributed by atoms with Crippen molar-refractivity contribution in [2.45, 2.75) is 26.3 Å². The van der Waals surface area contributed by atoms with E-state index in [1.807, 2.05) is 32.0 Å². The summed E-state index contributed by atoms with van der Waals surface area (Å²) in [6.07, 6.45) is 0.631. The molecule has 110 valence electrons. The van der Waals surface area contributed by atoms with Crippen LogP contribution < -0.4 is 5.73 Å². The van der Waals surface area contributed by atoms with Gasteiger partial charge in [-0.15, -0.1) is 0 Å².